The van der Waals surface area contributed by atoms with Crippen LogP contribution < -0.4 is 10.1 Å². The molecule has 0 aliphatic rings. The molecule has 0 bridgehead atoms. The molecule has 0 saturated heterocycles. The summed E-state index contributed by atoms with van der Waals surface area (Å²) in [5.74, 6) is 1.61. The zero-order valence-corrected chi connectivity index (χ0v) is 21.9. The summed E-state index contributed by atoms with van der Waals surface area (Å²) in [5.41, 5.74) is 3.00. The van der Waals surface area contributed by atoms with Crippen molar-refractivity contribution in [3.8, 4) is 28.4 Å². The fourth-order valence-corrected chi connectivity index (χ4v) is 5.84. The van der Waals surface area contributed by atoms with Crippen LogP contribution in [0.15, 0.2) is 101 Å². The molecule has 0 unspecified atom stereocenters. The second-order valence-electron chi connectivity index (χ2n) is 8.97. The molecule has 10 heteroatoms. The molecule has 3 aromatic carbocycles. The van der Waals surface area contributed by atoms with Crippen LogP contribution in [0.4, 0.5) is 5.95 Å². The van der Waals surface area contributed by atoms with Crippen molar-refractivity contribution < 1.29 is 17.6 Å². The number of aromatic nitrogens is 4. The van der Waals surface area contributed by atoms with Gasteiger partial charge >= 0.3 is 5.84 Å². The van der Waals surface area contributed by atoms with Crippen LogP contribution in [0.2, 0.25) is 0 Å². The van der Waals surface area contributed by atoms with Crippen LogP contribution in [0.25, 0.3) is 39.3 Å². The van der Waals surface area contributed by atoms with E-state index in [2.05, 4.69) is 15.3 Å². The highest BCUT2D eigenvalue weighted by atomic mass is 32.2. The molecule has 0 aliphatic heterocycles. The lowest BCUT2D eigenvalue weighted by Crippen LogP contribution is -2.13. The molecule has 0 radical (unpaired) electrons. The number of methoxy groups -OCH3 is 1. The molecule has 3 heterocycles. The average Bonchev–Trinajstić information content (AvgIpc) is 3.57. The van der Waals surface area contributed by atoms with Crippen LogP contribution in [0.1, 0.15) is 6.42 Å². The number of nitrogens with zero attached hydrogens (tertiary/aromatic N) is 4. The van der Waals surface area contributed by atoms with E-state index in [4.69, 9.17) is 14.1 Å². The number of imidazole rings is 1. The number of anilines is 1. The second-order valence-corrected chi connectivity index (χ2v) is 11.1. The van der Waals surface area contributed by atoms with Gasteiger partial charge in [-0.05, 0) is 59.7 Å². The van der Waals surface area contributed by atoms with E-state index in [9.17, 15) is 8.42 Å². The molecular weight excluding hydrogens is 514 g/mol. The van der Waals surface area contributed by atoms with Crippen molar-refractivity contribution in [1.29, 1.82) is 0 Å². The molecule has 0 spiro atoms. The van der Waals surface area contributed by atoms with Gasteiger partial charge in [0.05, 0.1) is 23.5 Å². The van der Waals surface area contributed by atoms with E-state index in [1.54, 1.807) is 44.0 Å². The maximum atomic E-state index is 12.9. The minimum absolute atomic E-state index is 0.0118. The van der Waals surface area contributed by atoms with Crippen molar-refractivity contribution in [2.45, 2.75) is 11.3 Å². The van der Waals surface area contributed by atoms with Gasteiger partial charge in [-0.15, -0.1) is 0 Å². The summed E-state index contributed by atoms with van der Waals surface area (Å²) < 4.78 is 38.5. The highest BCUT2D eigenvalue weighted by Gasteiger charge is 2.20. The van der Waals surface area contributed by atoms with Gasteiger partial charge in [-0.2, -0.15) is 4.98 Å². The van der Waals surface area contributed by atoms with Gasteiger partial charge in [-0.25, -0.2) is 18.4 Å². The first-order valence-corrected chi connectivity index (χ1v) is 14.1. The van der Waals surface area contributed by atoms with Crippen molar-refractivity contribution in [3.63, 3.8) is 0 Å². The van der Waals surface area contributed by atoms with Gasteiger partial charge in [0.2, 0.25) is 5.95 Å². The highest BCUT2D eigenvalue weighted by Crippen LogP contribution is 2.33. The van der Waals surface area contributed by atoms with E-state index in [0.29, 0.717) is 41.0 Å². The Bertz CT molecular complexity index is 1880. The van der Waals surface area contributed by atoms with Gasteiger partial charge in [0.15, 0.2) is 9.84 Å². The Morgan fingerprint density at radius 2 is 1.79 bits per heavy atom. The molecule has 0 amide bonds. The maximum absolute atomic E-state index is 12.9. The topological polar surface area (TPSA) is 112 Å². The summed E-state index contributed by atoms with van der Waals surface area (Å²) >= 11 is 0. The van der Waals surface area contributed by atoms with Crippen LogP contribution in [0.3, 0.4) is 0 Å². The van der Waals surface area contributed by atoms with Crippen LogP contribution in [0, 0.1) is 0 Å². The molecule has 6 rings (SSSR count). The molecule has 9 nitrogen and oxygen atoms in total. The molecule has 0 saturated carbocycles. The maximum Gasteiger partial charge on any atom is 0.306 e. The number of hydrogen-bond donors (Lipinski definition) is 1. The summed E-state index contributed by atoms with van der Waals surface area (Å²) in [5, 5.41) is 5.08. The SMILES string of the molecule is COc1ccc(-c2nc3occn3c2-c2ccnc(NCCCS(=O)(=O)c3ccc4ccccc4c3)n2)cc1. The van der Waals surface area contributed by atoms with Crippen LogP contribution in [-0.4, -0.2) is 47.2 Å². The predicted octanol–water partition coefficient (Wildman–Crippen LogP) is 5.49. The quantitative estimate of drug-likeness (QED) is 0.240. The van der Waals surface area contributed by atoms with E-state index in [1.807, 2.05) is 59.0 Å². The number of ether oxygens (including phenoxy) is 1. The van der Waals surface area contributed by atoms with Crippen molar-refractivity contribution in [1.82, 2.24) is 19.4 Å². The minimum atomic E-state index is -3.42. The number of nitrogens with one attached hydrogen (secondary N) is 1. The normalized spacial score (nSPS) is 11.7. The molecule has 3 aromatic heterocycles. The first kappa shape index (κ1) is 24.6. The number of sulfone groups is 1. The predicted molar refractivity (Wildman–Crippen MR) is 150 cm³/mol. The van der Waals surface area contributed by atoms with E-state index >= 15 is 0 Å². The number of rotatable bonds is 9. The van der Waals surface area contributed by atoms with Crippen LogP contribution in [0.5, 0.6) is 5.75 Å². The smallest absolute Gasteiger partial charge is 0.306 e. The Kier molecular flexibility index (Phi) is 6.45. The Labute approximate surface area is 225 Å². The van der Waals surface area contributed by atoms with Crippen LogP contribution in [-0.2, 0) is 9.84 Å². The van der Waals surface area contributed by atoms with E-state index in [0.717, 1.165) is 27.8 Å². The van der Waals surface area contributed by atoms with Gasteiger partial charge in [0.25, 0.3) is 0 Å². The van der Waals surface area contributed by atoms with Gasteiger partial charge in [0.1, 0.15) is 23.4 Å². The molecule has 6 aromatic rings. The molecule has 0 aliphatic carbocycles. The fourth-order valence-electron chi connectivity index (χ4n) is 4.50. The summed E-state index contributed by atoms with van der Waals surface area (Å²) in [4.78, 5) is 14.0. The third-order valence-electron chi connectivity index (χ3n) is 6.48. The lowest BCUT2D eigenvalue weighted by atomic mass is 10.1. The summed E-state index contributed by atoms with van der Waals surface area (Å²) in [6.07, 6.45) is 5.42. The Balaban J connectivity index is 1.18. The standard InChI is InChI=1S/C29H25N5O4S/c1-37-23-10-7-21(8-11-23)26-27(34-16-17-38-29(34)33-26)25-13-15-31-28(32-25)30-14-4-18-39(35,36)24-12-9-20-5-2-3-6-22(20)19-24/h2-3,5-13,15-17,19H,4,14,18H2,1H3,(H,30,31,32). The highest BCUT2D eigenvalue weighted by molar-refractivity contribution is 7.91. The van der Waals surface area contributed by atoms with Crippen molar-refractivity contribution in [2.24, 2.45) is 0 Å². The van der Waals surface area contributed by atoms with Crippen LogP contribution >= 0.6 is 0 Å². The summed E-state index contributed by atoms with van der Waals surface area (Å²) in [6, 6.07) is 22.4. The van der Waals surface area contributed by atoms with E-state index in [1.165, 1.54) is 0 Å². The first-order valence-electron chi connectivity index (χ1n) is 12.4. The summed E-state index contributed by atoms with van der Waals surface area (Å²) in [7, 11) is -1.80. The monoisotopic (exact) mass is 539 g/mol. The molecule has 0 fully saturated rings. The van der Waals surface area contributed by atoms with Gasteiger partial charge in [0, 0.05) is 24.5 Å². The van der Waals surface area contributed by atoms with E-state index < -0.39 is 9.84 Å². The first-order chi connectivity index (χ1) is 19.0. The minimum Gasteiger partial charge on any atom is -0.497 e. The number of hydrogen-bond acceptors (Lipinski definition) is 8. The van der Waals surface area contributed by atoms with Gasteiger partial charge in [-0.3, -0.25) is 4.40 Å². The molecule has 0 atom stereocenters. The molecule has 1 N–H and O–H groups in total. The van der Waals surface area contributed by atoms with Crippen molar-refractivity contribution in [3.05, 3.63) is 91.5 Å². The Hall–Kier alpha value is -4.70. The zero-order valence-electron chi connectivity index (χ0n) is 21.1. The summed E-state index contributed by atoms with van der Waals surface area (Å²) in [6.45, 7) is 0.398. The molecular formula is C29H25N5O4S. The molecule has 39 heavy (non-hydrogen) atoms. The number of benzene rings is 3. The lowest BCUT2D eigenvalue weighted by molar-refractivity contribution is 0.415. The molecule has 196 valence electrons. The second kappa shape index (κ2) is 10.2. The number of fused-ring (bicyclic) bond motifs is 2. The Morgan fingerprint density at radius 3 is 2.62 bits per heavy atom. The average molecular weight is 540 g/mol. The largest absolute Gasteiger partial charge is 0.497 e. The zero-order chi connectivity index (χ0) is 26.8. The number of oxazole rings is 1. The fraction of sp³-hybridized carbons (Fsp3) is 0.138. The Morgan fingerprint density at radius 1 is 0.974 bits per heavy atom. The lowest BCUT2D eigenvalue weighted by Gasteiger charge is -2.09. The third kappa shape index (κ3) is 4.94. The van der Waals surface area contributed by atoms with E-state index in [-0.39, 0.29) is 5.75 Å². The van der Waals surface area contributed by atoms with Gasteiger partial charge < -0.3 is 14.5 Å². The van der Waals surface area contributed by atoms with Crippen molar-refractivity contribution in [2.75, 3.05) is 24.7 Å². The van der Waals surface area contributed by atoms with Crippen molar-refractivity contribution >= 4 is 32.4 Å². The van der Waals surface area contributed by atoms with Gasteiger partial charge in [-0.1, -0.05) is 30.3 Å². The third-order valence-corrected chi connectivity index (χ3v) is 8.28.